The quantitative estimate of drug-likeness (QED) is 0.162. The van der Waals surface area contributed by atoms with Crippen molar-refractivity contribution in [1.82, 2.24) is 65.7 Å². The van der Waals surface area contributed by atoms with E-state index in [9.17, 15) is 0 Å². The van der Waals surface area contributed by atoms with Crippen molar-refractivity contribution >= 4 is 28.6 Å². The molecule has 0 aliphatic carbocycles. The number of nitrogens with one attached hydrogen (secondary N) is 1. The predicted octanol–water partition coefficient (Wildman–Crippen LogP) is 5.60. The first-order valence-corrected chi connectivity index (χ1v) is 20.5. The van der Waals surface area contributed by atoms with Crippen LogP contribution in [0.5, 0.6) is 11.5 Å². The van der Waals surface area contributed by atoms with Gasteiger partial charge >= 0.3 is 0 Å². The molecule has 2 aliphatic heterocycles. The van der Waals surface area contributed by atoms with Gasteiger partial charge in [-0.2, -0.15) is 0 Å². The zero-order chi connectivity index (χ0) is 37.9. The molecule has 0 bridgehead atoms. The van der Waals surface area contributed by atoms with Gasteiger partial charge in [-0.1, -0.05) is 6.92 Å². The number of anilines is 1. The third-order valence-electron chi connectivity index (χ3n) is 9.73. The summed E-state index contributed by atoms with van der Waals surface area (Å²) >= 11 is 3.48. The Balaban J connectivity index is 0.000000164. The lowest BCUT2D eigenvalue weighted by Crippen LogP contribution is -2.34. The zero-order valence-corrected chi connectivity index (χ0v) is 32.6. The van der Waals surface area contributed by atoms with E-state index in [1.165, 1.54) is 28.4 Å². The van der Waals surface area contributed by atoms with E-state index in [4.69, 9.17) is 19.4 Å². The molecule has 1 N–H and O–H groups in total. The summed E-state index contributed by atoms with van der Waals surface area (Å²) in [5.74, 6) is 3.51. The van der Waals surface area contributed by atoms with E-state index in [2.05, 4.69) is 68.9 Å². The van der Waals surface area contributed by atoms with Crippen LogP contribution >= 0.6 is 22.7 Å². The molecule has 2 aromatic carbocycles. The summed E-state index contributed by atoms with van der Waals surface area (Å²) in [6.07, 6.45) is 12.4. The average molecular weight is 791 g/mol. The Kier molecular flexibility index (Phi) is 12.1. The fourth-order valence-corrected chi connectivity index (χ4v) is 8.46. The second kappa shape index (κ2) is 18.3. The van der Waals surface area contributed by atoms with Gasteiger partial charge in [-0.3, -0.25) is 0 Å². The maximum absolute atomic E-state index is 5.92. The smallest absolute Gasteiger partial charge is 0.225 e. The fourth-order valence-electron chi connectivity index (χ4n) is 6.51. The number of nitrogens with zero attached hydrogens (tertiary/aromatic N) is 13. The van der Waals surface area contributed by atoms with Gasteiger partial charge in [0.2, 0.25) is 5.95 Å². The van der Waals surface area contributed by atoms with E-state index in [-0.39, 0.29) is 0 Å². The van der Waals surface area contributed by atoms with Gasteiger partial charge in [-0.15, -0.1) is 32.9 Å². The minimum atomic E-state index is 0.456. The Morgan fingerprint density at radius 3 is 1.64 bits per heavy atom. The summed E-state index contributed by atoms with van der Waals surface area (Å²) in [6, 6.07) is 15.3. The minimum absolute atomic E-state index is 0.456. The van der Waals surface area contributed by atoms with Crippen LogP contribution in [0.4, 0.5) is 5.95 Å². The standard InChI is InChI=1S/C22H24N8OS.C16H18N6OS/c1-2-16-11-23-22(24-12-16)29-9-7-17(8-10-29)21-26-18(14-32-21)13-31-20-5-3-19(4-6-20)30-15-25-27-28-30;1-3-15(4-2-14(1)22-11-18-20-21-22)23-9-13-10-24-16(19-13)12-5-7-17-8-6-12/h3-6,11-12,14-15,17H,2,7-10,13H2,1H3;1-4,10-12,17H,5-9H2. The first kappa shape index (κ1) is 37.2. The Labute approximate surface area is 332 Å². The van der Waals surface area contributed by atoms with E-state index < -0.39 is 0 Å². The number of benzene rings is 2. The molecule has 0 saturated carbocycles. The molecule has 0 spiro atoms. The molecule has 0 atom stereocenters. The highest BCUT2D eigenvalue weighted by Crippen LogP contribution is 2.32. The lowest BCUT2D eigenvalue weighted by Gasteiger charge is -2.31. The zero-order valence-electron chi connectivity index (χ0n) is 31.0. The van der Waals surface area contributed by atoms with E-state index in [1.807, 2.05) is 60.9 Å². The molecule has 9 rings (SSSR count). The van der Waals surface area contributed by atoms with E-state index in [1.54, 1.807) is 44.7 Å². The largest absolute Gasteiger partial charge is 0.487 e. The molecule has 18 heteroatoms. The van der Waals surface area contributed by atoms with Crippen molar-refractivity contribution in [2.75, 3.05) is 31.1 Å². The summed E-state index contributed by atoms with van der Waals surface area (Å²) in [6.45, 7) is 7.15. The number of ether oxygens (including phenoxy) is 2. The van der Waals surface area contributed by atoms with Gasteiger partial charge in [0.25, 0.3) is 0 Å². The summed E-state index contributed by atoms with van der Waals surface area (Å²) in [5.41, 5.74) is 4.92. The Bertz CT molecular complexity index is 2200. The number of piperidine rings is 2. The van der Waals surface area contributed by atoms with Crippen molar-refractivity contribution in [3.63, 3.8) is 0 Å². The monoisotopic (exact) mass is 790 g/mol. The van der Waals surface area contributed by atoms with Crippen molar-refractivity contribution < 1.29 is 9.47 Å². The van der Waals surface area contributed by atoms with Crippen molar-refractivity contribution in [3.05, 3.63) is 111 Å². The molecular weight excluding hydrogens is 749 g/mol. The summed E-state index contributed by atoms with van der Waals surface area (Å²) < 4.78 is 15.0. The SMILES string of the molecule is CCc1cnc(N2CCC(c3nc(COc4ccc(-n5cnnn5)cc4)cs3)CC2)nc1.c1cc(-n2cnnn2)ccc1OCc1csc(C2CCNCC2)n1. The third kappa shape index (κ3) is 9.55. The predicted molar refractivity (Wildman–Crippen MR) is 212 cm³/mol. The molecule has 0 radical (unpaired) electrons. The fraction of sp³-hybridized carbons (Fsp3) is 0.368. The molecule has 16 nitrogen and oxygen atoms in total. The molecule has 7 heterocycles. The van der Waals surface area contributed by atoms with Gasteiger partial charge in [0.1, 0.15) is 37.4 Å². The molecule has 0 amide bonds. The highest BCUT2D eigenvalue weighted by Gasteiger charge is 2.24. The van der Waals surface area contributed by atoms with Crippen molar-refractivity contribution in [1.29, 1.82) is 0 Å². The topological polar surface area (TPSA) is 172 Å². The molecular formula is C38H42N14O2S2. The normalized spacial score (nSPS) is 15.0. The molecule has 5 aromatic heterocycles. The van der Waals surface area contributed by atoms with Gasteiger partial charge in [0.15, 0.2) is 0 Å². The Morgan fingerprint density at radius 1 is 0.679 bits per heavy atom. The summed E-state index contributed by atoms with van der Waals surface area (Å²) in [5, 5.41) is 32.3. The van der Waals surface area contributed by atoms with Gasteiger partial charge in [-0.05, 0) is 120 Å². The van der Waals surface area contributed by atoms with Crippen LogP contribution in [0.25, 0.3) is 11.4 Å². The van der Waals surface area contributed by atoms with Crippen molar-refractivity contribution in [2.45, 2.75) is 64.1 Å². The van der Waals surface area contributed by atoms with Gasteiger partial charge in [0.05, 0.1) is 32.8 Å². The van der Waals surface area contributed by atoms with Crippen LogP contribution in [0.15, 0.2) is 84.3 Å². The summed E-state index contributed by atoms with van der Waals surface area (Å²) in [4.78, 5) is 20.9. The molecule has 2 fully saturated rings. The second-order valence-electron chi connectivity index (χ2n) is 13.5. The summed E-state index contributed by atoms with van der Waals surface area (Å²) in [7, 11) is 0. The van der Waals surface area contributed by atoms with Gasteiger partial charge in [-0.25, -0.2) is 29.3 Å². The van der Waals surface area contributed by atoms with Crippen LogP contribution in [-0.2, 0) is 19.6 Å². The number of thiazole rings is 2. The van der Waals surface area contributed by atoms with Crippen molar-refractivity contribution in [3.8, 4) is 22.9 Å². The van der Waals surface area contributed by atoms with Crippen LogP contribution in [0.1, 0.15) is 71.4 Å². The number of hydrogen-bond acceptors (Lipinski definition) is 16. The number of aromatic nitrogens is 12. The van der Waals surface area contributed by atoms with Gasteiger partial charge in [0, 0.05) is 48.1 Å². The van der Waals surface area contributed by atoms with Crippen LogP contribution < -0.4 is 19.7 Å². The average Bonchev–Trinajstić information content (AvgIpc) is 4.13. The first-order chi connectivity index (χ1) is 27.7. The van der Waals surface area contributed by atoms with Crippen molar-refractivity contribution in [2.24, 2.45) is 0 Å². The molecule has 56 heavy (non-hydrogen) atoms. The maximum atomic E-state index is 5.92. The molecule has 288 valence electrons. The Morgan fingerprint density at radius 2 is 1.18 bits per heavy atom. The molecule has 7 aromatic rings. The van der Waals surface area contributed by atoms with Crippen LogP contribution in [0, 0.1) is 0 Å². The van der Waals surface area contributed by atoms with Crippen LogP contribution in [0.3, 0.4) is 0 Å². The number of hydrogen-bond donors (Lipinski definition) is 1. The number of aryl methyl sites for hydroxylation is 1. The number of tetrazole rings is 2. The van der Waals surface area contributed by atoms with Gasteiger partial charge < -0.3 is 19.7 Å². The minimum Gasteiger partial charge on any atom is -0.487 e. The van der Waals surface area contributed by atoms with E-state index >= 15 is 0 Å². The second-order valence-corrected chi connectivity index (χ2v) is 15.2. The first-order valence-electron chi connectivity index (χ1n) is 18.7. The maximum Gasteiger partial charge on any atom is 0.225 e. The molecule has 2 saturated heterocycles. The third-order valence-corrected chi connectivity index (χ3v) is 11.8. The lowest BCUT2D eigenvalue weighted by molar-refractivity contribution is 0.301. The molecule has 0 unspecified atom stereocenters. The highest BCUT2D eigenvalue weighted by atomic mass is 32.1. The highest BCUT2D eigenvalue weighted by molar-refractivity contribution is 7.10. The van der Waals surface area contributed by atoms with Crippen LogP contribution in [0.2, 0.25) is 0 Å². The number of rotatable bonds is 12. The van der Waals surface area contributed by atoms with E-state index in [0.29, 0.717) is 25.0 Å². The van der Waals surface area contributed by atoms with Crippen LogP contribution in [-0.4, -0.2) is 86.5 Å². The van der Waals surface area contributed by atoms with E-state index in [0.717, 1.165) is 85.7 Å². The molecule has 2 aliphatic rings. The Hall–Kier alpha value is -5.72. The lowest BCUT2D eigenvalue weighted by atomic mass is 9.98.